The molecular formula is C24H32N4O4S. The Kier molecular flexibility index (Phi) is 6.92. The van der Waals surface area contributed by atoms with Crippen LogP contribution in [0.5, 0.6) is 11.5 Å². The third-order valence-corrected chi connectivity index (χ3v) is 7.28. The topological polar surface area (TPSA) is 99.7 Å². The number of unbranched alkanes of at least 4 members (excludes halogenated alkanes) is 1. The van der Waals surface area contributed by atoms with Crippen LogP contribution in [0.3, 0.4) is 0 Å². The van der Waals surface area contributed by atoms with Crippen molar-refractivity contribution in [3.63, 3.8) is 0 Å². The lowest BCUT2D eigenvalue weighted by molar-refractivity contribution is 0.233. The lowest BCUT2D eigenvalue weighted by atomic mass is 10.0. The molecule has 0 spiro atoms. The molecule has 1 aliphatic rings. The molecule has 0 saturated carbocycles. The van der Waals surface area contributed by atoms with Crippen molar-refractivity contribution in [2.24, 2.45) is 5.14 Å². The maximum absolute atomic E-state index is 11.8. The van der Waals surface area contributed by atoms with E-state index in [0.717, 1.165) is 67.2 Å². The number of fused-ring (bicyclic) bond motifs is 1. The predicted octanol–water partition coefficient (Wildman–Crippen LogP) is 3.84. The van der Waals surface area contributed by atoms with E-state index in [1.54, 1.807) is 26.4 Å². The van der Waals surface area contributed by atoms with Crippen LogP contribution in [-0.2, 0) is 23.1 Å². The number of sulfonamides is 1. The maximum Gasteiger partial charge on any atom is 0.238 e. The summed E-state index contributed by atoms with van der Waals surface area (Å²) in [4.78, 5) is 7.36. The van der Waals surface area contributed by atoms with Crippen LogP contribution >= 0.6 is 0 Å². The Labute approximate surface area is 195 Å². The summed E-state index contributed by atoms with van der Waals surface area (Å²) in [5.74, 6) is 2.59. The molecule has 178 valence electrons. The first-order valence-corrected chi connectivity index (χ1v) is 12.9. The number of benzene rings is 2. The molecule has 0 radical (unpaired) electrons. The normalized spacial score (nSPS) is 17.0. The summed E-state index contributed by atoms with van der Waals surface area (Å²) in [5, 5.41) is 5.35. The van der Waals surface area contributed by atoms with Crippen LogP contribution in [0.1, 0.15) is 50.0 Å². The van der Waals surface area contributed by atoms with E-state index in [-0.39, 0.29) is 10.9 Å². The van der Waals surface area contributed by atoms with Crippen LogP contribution in [0.2, 0.25) is 0 Å². The van der Waals surface area contributed by atoms with E-state index < -0.39 is 10.0 Å². The van der Waals surface area contributed by atoms with Gasteiger partial charge in [-0.05, 0) is 62.2 Å². The average molecular weight is 473 g/mol. The molecule has 8 nitrogen and oxygen atoms in total. The van der Waals surface area contributed by atoms with Crippen LogP contribution in [-0.4, -0.2) is 43.6 Å². The Morgan fingerprint density at radius 1 is 1.15 bits per heavy atom. The molecule has 1 saturated heterocycles. The highest BCUT2D eigenvalue weighted by Gasteiger charge is 2.30. The van der Waals surface area contributed by atoms with Crippen LogP contribution in [0.15, 0.2) is 41.3 Å². The Morgan fingerprint density at radius 2 is 1.97 bits per heavy atom. The Morgan fingerprint density at radius 3 is 2.67 bits per heavy atom. The van der Waals surface area contributed by atoms with Crippen molar-refractivity contribution in [2.45, 2.75) is 56.6 Å². The smallest absolute Gasteiger partial charge is 0.238 e. The van der Waals surface area contributed by atoms with Gasteiger partial charge in [0.1, 0.15) is 17.3 Å². The summed E-state index contributed by atoms with van der Waals surface area (Å²) in [7, 11) is -0.419. The number of hydrogen-bond donors (Lipinski definition) is 1. The minimum Gasteiger partial charge on any atom is -0.497 e. The van der Waals surface area contributed by atoms with E-state index >= 15 is 0 Å². The predicted molar refractivity (Wildman–Crippen MR) is 128 cm³/mol. The quantitative estimate of drug-likeness (QED) is 0.508. The molecule has 1 fully saturated rings. The first-order chi connectivity index (χ1) is 15.9. The van der Waals surface area contributed by atoms with Gasteiger partial charge in [0, 0.05) is 18.2 Å². The van der Waals surface area contributed by atoms with Crippen LogP contribution in [0.4, 0.5) is 0 Å². The summed E-state index contributed by atoms with van der Waals surface area (Å²) in [6.07, 6.45) is 4.17. The lowest BCUT2D eigenvalue weighted by Crippen LogP contribution is -2.25. The molecule has 4 rings (SSSR count). The molecule has 2 heterocycles. The fourth-order valence-corrected chi connectivity index (χ4v) is 5.21. The number of nitrogens with zero attached hydrogens (tertiary/aromatic N) is 3. The maximum atomic E-state index is 11.8. The van der Waals surface area contributed by atoms with Gasteiger partial charge in [-0.25, -0.2) is 18.5 Å². The molecule has 1 atom stereocenters. The molecular weight excluding hydrogens is 440 g/mol. The molecule has 0 bridgehead atoms. The minimum atomic E-state index is -3.78. The lowest BCUT2D eigenvalue weighted by Gasteiger charge is -2.26. The summed E-state index contributed by atoms with van der Waals surface area (Å²) in [6, 6.07) is 11.1. The second-order valence-corrected chi connectivity index (χ2v) is 10.0. The monoisotopic (exact) mass is 472 g/mol. The number of hydrogen-bond acceptors (Lipinski definition) is 6. The fourth-order valence-electron chi connectivity index (χ4n) is 4.67. The number of aromatic nitrogens is 2. The van der Waals surface area contributed by atoms with Crippen LogP contribution < -0.4 is 14.6 Å². The van der Waals surface area contributed by atoms with Gasteiger partial charge in [0.2, 0.25) is 10.0 Å². The molecule has 0 amide bonds. The largest absolute Gasteiger partial charge is 0.497 e. The average Bonchev–Trinajstić information content (AvgIpc) is 3.40. The van der Waals surface area contributed by atoms with Crippen molar-refractivity contribution >= 4 is 21.1 Å². The standard InChI is InChI=1S/C24H32N4O4S/c1-4-5-13-28-22-10-9-18(33(25,29)30)15-20(22)26-24(28)16-27-12-6-7-21(27)19-14-17(31-2)8-11-23(19)32-3/h8-11,14-15,21H,4-7,12-13,16H2,1-3H3,(H2,25,29,30)/t21-/m1/s1. The molecule has 0 unspecified atom stereocenters. The second-order valence-electron chi connectivity index (χ2n) is 8.47. The minimum absolute atomic E-state index is 0.0851. The second kappa shape index (κ2) is 9.70. The van der Waals surface area contributed by atoms with Crippen molar-refractivity contribution < 1.29 is 17.9 Å². The number of primary sulfonamides is 1. The summed E-state index contributed by atoms with van der Waals surface area (Å²) < 4.78 is 37.0. The summed E-state index contributed by atoms with van der Waals surface area (Å²) in [5.41, 5.74) is 2.70. The Bertz CT molecular complexity index is 1240. The number of imidazole rings is 1. The first-order valence-electron chi connectivity index (χ1n) is 11.3. The zero-order valence-electron chi connectivity index (χ0n) is 19.5. The van der Waals surface area contributed by atoms with Crippen molar-refractivity contribution in [2.75, 3.05) is 20.8 Å². The summed E-state index contributed by atoms with van der Waals surface area (Å²) >= 11 is 0. The van der Waals surface area contributed by atoms with Gasteiger partial charge in [-0.2, -0.15) is 0 Å². The molecule has 2 N–H and O–H groups in total. The zero-order chi connectivity index (χ0) is 23.6. The van der Waals surface area contributed by atoms with E-state index in [9.17, 15) is 8.42 Å². The third kappa shape index (κ3) is 4.85. The van der Waals surface area contributed by atoms with Gasteiger partial charge in [-0.15, -0.1) is 0 Å². The molecule has 0 aliphatic carbocycles. The highest BCUT2D eigenvalue weighted by molar-refractivity contribution is 7.89. The van der Waals surface area contributed by atoms with Crippen LogP contribution in [0, 0.1) is 0 Å². The number of likely N-dealkylation sites (tertiary alicyclic amines) is 1. The van der Waals surface area contributed by atoms with E-state index in [0.29, 0.717) is 12.1 Å². The third-order valence-electron chi connectivity index (χ3n) is 6.37. The number of nitrogens with two attached hydrogens (primary N) is 1. The molecule has 1 aliphatic heterocycles. The Hall–Kier alpha value is -2.62. The van der Waals surface area contributed by atoms with Gasteiger partial charge >= 0.3 is 0 Å². The van der Waals surface area contributed by atoms with Gasteiger partial charge in [0.25, 0.3) is 0 Å². The fraction of sp³-hybridized carbons (Fsp3) is 0.458. The number of rotatable bonds is 9. The van der Waals surface area contributed by atoms with Gasteiger partial charge in [0.15, 0.2) is 0 Å². The van der Waals surface area contributed by atoms with Crippen molar-refractivity contribution in [1.82, 2.24) is 14.5 Å². The van der Waals surface area contributed by atoms with E-state index in [4.69, 9.17) is 19.6 Å². The molecule has 9 heteroatoms. The zero-order valence-corrected chi connectivity index (χ0v) is 20.3. The molecule has 2 aromatic carbocycles. The number of ether oxygens (including phenoxy) is 2. The van der Waals surface area contributed by atoms with E-state index in [1.807, 2.05) is 18.2 Å². The Balaban J connectivity index is 1.71. The highest BCUT2D eigenvalue weighted by Crippen LogP contribution is 2.39. The van der Waals surface area contributed by atoms with Gasteiger partial charge in [0.05, 0.1) is 36.7 Å². The van der Waals surface area contributed by atoms with Gasteiger partial charge in [-0.3, -0.25) is 4.90 Å². The first kappa shape index (κ1) is 23.5. The number of aryl methyl sites for hydroxylation is 1. The van der Waals surface area contributed by atoms with Crippen molar-refractivity contribution in [3.05, 3.63) is 47.8 Å². The molecule has 3 aromatic rings. The van der Waals surface area contributed by atoms with E-state index in [1.165, 1.54) is 0 Å². The number of methoxy groups -OCH3 is 2. The molecule has 1 aromatic heterocycles. The van der Waals surface area contributed by atoms with Gasteiger partial charge < -0.3 is 14.0 Å². The van der Waals surface area contributed by atoms with Crippen molar-refractivity contribution in [1.29, 1.82) is 0 Å². The van der Waals surface area contributed by atoms with Crippen LogP contribution in [0.25, 0.3) is 11.0 Å². The highest BCUT2D eigenvalue weighted by atomic mass is 32.2. The van der Waals surface area contributed by atoms with Crippen molar-refractivity contribution in [3.8, 4) is 11.5 Å². The SMILES string of the molecule is CCCCn1c(CN2CCC[C@@H]2c2cc(OC)ccc2OC)nc2cc(S(N)(=O)=O)ccc21. The van der Waals surface area contributed by atoms with E-state index in [2.05, 4.69) is 22.5 Å². The molecule has 33 heavy (non-hydrogen) atoms. The van der Waals surface area contributed by atoms with Gasteiger partial charge in [-0.1, -0.05) is 13.3 Å². The summed E-state index contributed by atoms with van der Waals surface area (Å²) in [6.45, 7) is 4.60.